The minimum atomic E-state index is -1.09. The molecule has 1 saturated heterocycles. The first-order valence-corrected chi connectivity index (χ1v) is 9.48. The van der Waals surface area contributed by atoms with Gasteiger partial charge in [-0.25, -0.2) is 13.9 Å². The zero-order chi connectivity index (χ0) is 19.8. The van der Waals surface area contributed by atoms with Gasteiger partial charge < -0.3 is 14.7 Å². The van der Waals surface area contributed by atoms with Crippen LogP contribution in [0.2, 0.25) is 0 Å². The van der Waals surface area contributed by atoms with Crippen LogP contribution in [0.15, 0.2) is 24.3 Å². The monoisotopic (exact) mass is 387 g/mol. The van der Waals surface area contributed by atoms with Gasteiger partial charge >= 0.3 is 5.97 Å². The number of aromatic nitrogens is 2. The number of amides is 1. The molecule has 0 spiro atoms. The fourth-order valence-corrected chi connectivity index (χ4v) is 4.00. The number of nitrogens with zero attached hydrogens (tertiary/aromatic N) is 3. The van der Waals surface area contributed by atoms with Gasteiger partial charge in [0.2, 0.25) is 0 Å². The molecule has 0 radical (unpaired) electrons. The average molecular weight is 387 g/mol. The third kappa shape index (κ3) is 3.40. The number of aliphatic carboxylic acids is 1. The van der Waals surface area contributed by atoms with Crippen molar-refractivity contribution in [3.05, 3.63) is 47.0 Å². The van der Waals surface area contributed by atoms with Crippen molar-refractivity contribution in [2.45, 2.75) is 44.8 Å². The quantitative estimate of drug-likeness (QED) is 0.873. The molecule has 0 saturated carbocycles. The van der Waals surface area contributed by atoms with E-state index in [0.717, 1.165) is 36.9 Å². The molecule has 1 fully saturated rings. The molecule has 1 unspecified atom stereocenters. The molecule has 0 bridgehead atoms. The maximum Gasteiger partial charge on any atom is 0.334 e. The number of ether oxygens (including phenoxy) is 1. The van der Waals surface area contributed by atoms with Gasteiger partial charge in [0.25, 0.3) is 5.91 Å². The van der Waals surface area contributed by atoms with E-state index in [0.29, 0.717) is 17.9 Å². The van der Waals surface area contributed by atoms with E-state index in [9.17, 15) is 19.1 Å². The number of morpholine rings is 1. The number of carbonyl (C=O) groups is 2. The Morgan fingerprint density at radius 3 is 2.79 bits per heavy atom. The smallest absolute Gasteiger partial charge is 0.334 e. The van der Waals surface area contributed by atoms with Crippen LogP contribution in [0, 0.1) is 5.82 Å². The number of hydrogen-bond donors (Lipinski definition) is 1. The lowest BCUT2D eigenvalue weighted by Crippen LogP contribution is -2.52. The number of carbonyl (C=O) groups excluding carboxylic acids is 1. The molecular formula is C20H22FN3O4. The molecule has 28 heavy (non-hydrogen) atoms. The molecule has 2 atom stereocenters. The Labute approximate surface area is 161 Å². The van der Waals surface area contributed by atoms with Crippen LogP contribution in [0.1, 0.15) is 41.5 Å². The van der Waals surface area contributed by atoms with E-state index in [1.54, 1.807) is 23.7 Å². The average Bonchev–Trinajstić information content (AvgIpc) is 3.06. The Hall–Kier alpha value is -2.74. The van der Waals surface area contributed by atoms with Gasteiger partial charge in [0.1, 0.15) is 5.82 Å². The van der Waals surface area contributed by atoms with E-state index in [-0.39, 0.29) is 24.4 Å². The van der Waals surface area contributed by atoms with E-state index in [1.807, 2.05) is 0 Å². The van der Waals surface area contributed by atoms with Crippen molar-refractivity contribution in [2.24, 2.45) is 0 Å². The summed E-state index contributed by atoms with van der Waals surface area (Å²) in [7, 11) is 0. The van der Waals surface area contributed by atoms with Crippen molar-refractivity contribution >= 4 is 11.9 Å². The summed E-state index contributed by atoms with van der Waals surface area (Å²) in [5.74, 6) is -1.75. The topological polar surface area (TPSA) is 84.7 Å². The summed E-state index contributed by atoms with van der Waals surface area (Å²) in [4.78, 5) is 26.1. The minimum Gasteiger partial charge on any atom is -0.479 e. The number of carboxylic acids is 1. The summed E-state index contributed by atoms with van der Waals surface area (Å²) in [6.45, 7) is 2.04. The first kappa shape index (κ1) is 18.6. The van der Waals surface area contributed by atoms with Gasteiger partial charge in [-0.2, -0.15) is 5.10 Å². The van der Waals surface area contributed by atoms with Gasteiger partial charge in [0, 0.05) is 17.8 Å². The lowest BCUT2D eigenvalue weighted by Gasteiger charge is -2.34. The third-order valence-corrected chi connectivity index (χ3v) is 5.26. The molecule has 4 rings (SSSR count). The lowest BCUT2D eigenvalue weighted by atomic mass is 9.95. The molecule has 1 N–H and O–H groups in total. The highest BCUT2D eigenvalue weighted by molar-refractivity contribution is 5.94. The summed E-state index contributed by atoms with van der Waals surface area (Å²) in [5, 5.41) is 13.8. The van der Waals surface area contributed by atoms with Crippen molar-refractivity contribution in [3.8, 4) is 5.69 Å². The van der Waals surface area contributed by atoms with E-state index in [1.165, 1.54) is 17.0 Å². The second kappa shape index (κ2) is 7.35. The molecule has 1 aliphatic heterocycles. The molecule has 1 aliphatic carbocycles. The van der Waals surface area contributed by atoms with Crippen LogP contribution in [0.5, 0.6) is 0 Å². The van der Waals surface area contributed by atoms with E-state index in [2.05, 4.69) is 5.10 Å². The van der Waals surface area contributed by atoms with Gasteiger partial charge in [-0.05, 0) is 50.8 Å². The molecule has 2 aromatic rings. The maximum atomic E-state index is 13.7. The fraction of sp³-hybridized carbons (Fsp3) is 0.450. The van der Waals surface area contributed by atoms with Crippen LogP contribution in [-0.2, 0) is 22.4 Å². The molecule has 2 aliphatic rings. The second-order valence-corrected chi connectivity index (χ2v) is 7.36. The molecule has 1 aromatic heterocycles. The minimum absolute atomic E-state index is 0.0138. The summed E-state index contributed by atoms with van der Waals surface area (Å²) in [6, 6.07) is 6.14. The van der Waals surface area contributed by atoms with Crippen molar-refractivity contribution in [3.63, 3.8) is 0 Å². The number of rotatable bonds is 3. The Morgan fingerprint density at radius 2 is 2.04 bits per heavy atom. The molecule has 1 amide bonds. The van der Waals surface area contributed by atoms with E-state index in [4.69, 9.17) is 4.74 Å². The maximum absolute atomic E-state index is 13.7. The molecule has 1 aromatic carbocycles. The highest BCUT2D eigenvalue weighted by Crippen LogP contribution is 2.28. The highest BCUT2D eigenvalue weighted by Gasteiger charge is 2.36. The number of halogens is 1. The normalized spacial score (nSPS) is 22.0. The number of carboxylic acid groups (broad SMARTS) is 1. The molecule has 2 heterocycles. The van der Waals surface area contributed by atoms with Crippen molar-refractivity contribution in [1.82, 2.24) is 14.7 Å². The predicted molar refractivity (Wildman–Crippen MR) is 98.0 cm³/mol. The number of hydrogen-bond acceptors (Lipinski definition) is 4. The highest BCUT2D eigenvalue weighted by atomic mass is 19.1. The zero-order valence-electron chi connectivity index (χ0n) is 15.6. The van der Waals surface area contributed by atoms with Crippen molar-refractivity contribution in [1.29, 1.82) is 0 Å². The summed E-state index contributed by atoms with van der Waals surface area (Å²) < 4.78 is 20.8. The Bertz CT molecular complexity index is 926. The fourth-order valence-electron chi connectivity index (χ4n) is 4.00. The Morgan fingerprint density at radius 1 is 1.25 bits per heavy atom. The summed E-state index contributed by atoms with van der Waals surface area (Å²) in [5.41, 5.74) is 2.72. The molecule has 7 nitrogen and oxygen atoms in total. The molecule has 148 valence electrons. The summed E-state index contributed by atoms with van der Waals surface area (Å²) in [6.07, 6.45) is 2.02. The van der Waals surface area contributed by atoms with Crippen LogP contribution in [0.25, 0.3) is 5.69 Å². The van der Waals surface area contributed by atoms with Crippen molar-refractivity contribution in [2.75, 3.05) is 13.1 Å². The van der Waals surface area contributed by atoms with Gasteiger partial charge in [-0.3, -0.25) is 4.79 Å². The lowest BCUT2D eigenvalue weighted by molar-refractivity contribution is -0.160. The largest absolute Gasteiger partial charge is 0.479 e. The van der Waals surface area contributed by atoms with Crippen LogP contribution in [-0.4, -0.2) is 57.0 Å². The van der Waals surface area contributed by atoms with Gasteiger partial charge in [-0.1, -0.05) is 6.07 Å². The third-order valence-electron chi connectivity index (χ3n) is 5.26. The first-order chi connectivity index (χ1) is 13.4. The van der Waals surface area contributed by atoms with Gasteiger partial charge in [-0.15, -0.1) is 0 Å². The van der Waals surface area contributed by atoms with Crippen LogP contribution in [0.4, 0.5) is 4.39 Å². The molecular weight excluding hydrogens is 365 g/mol. The number of fused-ring (bicyclic) bond motifs is 1. The SMILES string of the molecule is C[C@@H]1CN(C(=O)c2nn(-c3cccc(F)c3)c3c2CCCC3)CC(C(=O)O)O1. The van der Waals surface area contributed by atoms with Gasteiger partial charge in [0.05, 0.1) is 18.3 Å². The van der Waals surface area contributed by atoms with Crippen LogP contribution >= 0.6 is 0 Å². The van der Waals surface area contributed by atoms with Crippen molar-refractivity contribution < 1.29 is 23.8 Å². The first-order valence-electron chi connectivity index (χ1n) is 9.48. The van der Waals surface area contributed by atoms with Crippen LogP contribution in [0.3, 0.4) is 0 Å². The van der Waals surface area contributed by atoms with Gasteiger partial charge in [0.15, 0.2) is 11.8 Å². The second-order valence-electron chi connectivity index (χ2n) is 7.36. The number of benzene rings is 1. The summed E-state index contributed by atoms with van der Waals surface area (Å²) >= 11 is 0. The Balaban J connectivity index is 1.71. The Kier molecular flexibility index (Phi) is 4.89. The zero-order valence-corrected chi connectivity index (χ0v) is 15.6. The molecule has 8 heteroatoms. The van der Waals surface area contributed by atoms with E-state index < -0.39 is 12.1 Å². The van der Waals surface area contributed by atoms with E-state index >= 15 is 0 Å². The standard InChI is InChI=1S/C20H22FN3O4/c1-12-10-23(11-17(28-12)20(26)27)19(25)18-15-7-2-3-8-16(15)24(22-18)14-6-4-5-13(21)9-14/h4-6,9,12,17H,2-3,7-8,10-11H2,1H3,(H,26,27)/t12-,17?/m1/s1. The van der Waals surface area contributed by atoms with Crippen LogP contribution < -0.4 is 0 Å². The predicted octanol–water partition coefficient (Wildman–Crippen LogP) is 2.20.